The minimum Gasteiger partial charge on any atom is -0.242 e. The maximum atomic E-state index is 12.1. The van der Waals surface area contributed by atoms with E-state index in [1.54, 1.807) is 0 Å². The van der Waals surface area contributed by atoms with E-state index in [-0.39, 0.29) is 5.54 Å². The summed E-state index contributed by atoms with van der Waals surface area (Å²) in [5, 5.41) is 9.30. The lowest BCUT2D eigenvalue weighted by molar-refractivity contribution is 0.438. The summed E-state index contributed by atoms with van der Waals surface area (Å²) < 4.78 is 13.9. The van der Waals surface area contributed by atoms with E-state index in [9.17, 15) is 4.21 Å². The Hall–Kier alpha value is -0.400. The van der Waals surface area contributed by atoms with Crippen LogP contribution in [-0.2, 0) is 11.0 Å². The van der Waals surface area contributed by atoms with Gasteiger partial charge in [-0.15, -0.1) is 0 Å². The Morgan fingerprint density at radius 3 is 2.43 bits per heavy atom. The van der Waals surface area contributed by atoms with Gasteiger partial charge in [0.2, 0.25) is 0 Å². The van der Waals surface area contributed by atoms with Crippen LogP contribution in [0.2, 0.25) is 0 Å². The van der Waals surface area contributed by atoms with Gasteiger partial charge < -0.3 is 0 Å². The molecule has 0 N–H and O–H groups in total. The molecule has 0 heterocycles. The van der Waals surface area contributed by atoms with Gasteiger partial charge in [0.25, 0.3) is 0 Å². The minimum absolute atomic E-state index is 0.311. The highest BCUT2D eigenvalue weighted by atomic mass is 32.2. The maximum Gasteiger partial charge on any atom is 0.120 e. The van der Waals surface area contributed by atoms with Gasteiger partial charge in [-0.1, -0.05) is 12.8 Å². The normalized spacial score (nSPS) is 27.5. The monoisotopic (exact) mass is 212 g/mol. The summed E-state index contributed by atoms with van der Waals surface area (Å²) >= 11 is 0. The highest BCUT2D eigenvalue weighted by molar-refractivity contribution is 7.83. The molecule has 4 heteroatoms. The predicted octanol–water partition coefficient (Wildman–Crippen LogP) is 1.58. The van der Waals surface area contributed by atoms with Crippen LogP contribution >= 0.6 is 0 Å². The molecule has 0 spiro atoms. The van der Waals surface area contributed by atoms with Gasteiger partial charge in [-0.05, 0) is 25.7 Å². The molecule has 2 fully saturated rings. The number of hydrogen-bond acceptors (Lipinski definition) is 2. The topological polar surface area (TPSA) is 44.1 Å². The van der Waals surface area contributed by atoms with Crippen molar-refractivity contribution in [2.45, 2.75) is 49.3 Å². The van der Waals surface area contributed by atoms with Gasteiger partial charge in [0.1, 0.15) is 5.54 Å². The molecule has 2 aliphatic carbocycles. The first kappa shape index (κ1) is 10.1. The lowest BCUT2D eigenvalue weighted by atomic mass is 10.3. The fourth-order valence-electron chi connectivity index (χ4n) is 2.10. The fourth-order valence-corrected chi connectivity index (χ4v) is 3.85. The summed E-state index contributed by atoms with van der Waals surface area (Å²) in [5.74, 6) is 0. The summed E-state index contributed by atoms with van der Waals surface area (Å²) in [4.78, 5) is 0. The van der Waals surface area contributed by atoms with Crippen LogP contribution in [0.5, 0.6) is 0 Å². The van der Waals surface area contributed by atoms with Crippen molar-refractivity contribution in [3.8, 4) is 6.07 Å². The van der Waals surface area contributed by atoms with Crippen molar-refractivity contribution >= 4 is 11.0 Å². The summed E-state index contributed by atoms with van der Waals surface area (Å²) in [6.07, 6.45) is 6.31. The van der Waals surface area contributed by atoms with Gasteiger partial charge in [-0.3, -0.25) is 0 Å². The number of nitriles is 1. The largest absolute Gasteiger partial charge is 0.242 e. The van der Waals surface area contributed by atoms with E-state index < -0.39 is 11.0 Å². The molecular weight excluding hydrogens is 196 g/mol. The van der Waals surface area contributed by atoms with Gasteiger partial charge in [-0.25, -0.2) is 8.51 Å². The molecule has 0 radical (unpaired) electrons. The Bertz CT molecular complexity index is 287. The second-order valence-corrected chi connectivity index (χ2v) is 6.09. The van der Waals surface area contributed by atoms with Crippen LogP contribution in [0.15, 0.2) is 0 Å². The van der Waals surface area contributed by atoms with Crippen LogP contribution in [0, 0.1) is 11.3 Å². The van der Waals surface area contributed by atoms with Crippen molar-refractivity contribution in [3.05, 3.63) is 0 Å². The molecule has 0 bridgehead atoms. The number of rotatable bonds is 3. The van der Waals surface area contributed by atoms with Crippen LogP contribution < -0.4 is 0 Å². The van der Waals surface area contributed by atoms with Crippen molar-refractivity contribution in [1.82, 2.24) is 4.31 Å². The lowest BCUT2D eigenvalue weighted by Gasteiger charge is -2.23. The molecule has 0 saturated heterocycles. The zero-order valence-corrected chi connectivity index (χ0v) is 9.35. The fraction of sp³-hybridized carbons (Fsp3) is 0.900. The SMILES string of the molecule is CN(S(=O)C1CCCC1)C1(C#N)CC1. The molecule has 3 nitrogen and oxygen atoms in total. The molecule has 14 heavy (non-hydrogen) atoms. The third-order valence-corrected chi connectivity index (χ3v) is 5.32. The van der Waals surface area contributed by atoms with Crippen LogP contribution in [0.1, 0.15) is 38.5 Å². The average molecular weight is 212 g/mol. The molecule has 1 atom stereocenters. The smallest absolute Gasteiger partial charge is 0.120 e. The van der Waals surface area contributed by atoms with Gasteiger partial charge in [0.15, 0.2) is 0 Å². The molecule has 1 unspecified atom stereocenters. The molecule has 0 aromatic carbocycles. The highest BCUT2D eigenvalue weighted by Crippen LogP contribution is 2.42. The van der Waals surface area contributed by atoms with E-state index in [0.717, 1.165) is 25.7 Å². The zero-order valence-electron chi connectivity index (χ0n) is 8.53. The molecular formula is C10H16N2OS. The Labute approximate surface area is 87.7 Å². The first-order valence-electron chi connectivity index (χ1n) is 5.25. The zero-order chi connectivity index (χ0) is 10.2. The van der Waals surface area contributed by atoms with Gasteiger partial charge >= 0.3 is 0 Å². The molecule has 78 valence electrons. The summed E-state index contributed by atoms with van der Waals surface area (Å²) in [7, 11) is 0.902. The molecule has 0 amide bonds. The van der Waals surface area contributed by atoms with E-state index in [1.807, 2.05) is 11.4 Å². The standard InChI is InChI=1S/C10H16N2OS/c1-12(10(8-11)6-7-10)14(13)9-4-2-3-5-9/h9H,2-7H2,1H3. The molecule has 2 rings (SSSR count). The third kappa shape index (κ3) is 1.59. The predicted molar refractivity (Wildman–Crippen MR) is 55.7 cm³/mol. The van der Waals surface area contributed by atoms with Crippen LogP contribution in [0.3, 0.4) is 0 Å². The first-order valence-corrected chi connectivity index (χ1v) is 6.42. The van der Waals surface area contributed by atoms with E-state index in [4.69, 9.17) is 5.26 Å². The third-order valence-electron chi connectivity index (χ3n) is 3.39. The molecule has 2 aliphatic rings. The lowest BCUT2D eigenvalue weighted by Crippen LogP contribution is -2.38. The average Bonchev–Trinajstić information content (AvgIpc) is 2.82. The minimum atomic E-state index is -0.936. The number of nitrogens with zero attached hydrogens (tertiary/aromatic N) is 2. The van der Waals surface area contributed by atoms with E-state index in [1.165, 1.54) is 12.8 Å². The first-order chi connectivity index (χ1) is 6.69. The summed E-state index contributed by atoms with van der Waals surface area (Å²) in [6, 6.07) is 2.29. The molecule has 0 aromatic rings. The van der Waals surface area contributed by atoms with Crippen molar-refractivity contribution in [1.29, 1.82) is 5.26 Å². The highest BCUT2D eigenvalue weighted by Gasteiger charge is 2.50. The van der Waals surface area contributed by atoms with E-state index >= 15 is 0 Å². The van der Waals surface area contributed by atoms with E-state index in [0.29, 0.717) is 5.25 Å². The second kappa shape index (κ2) is 3.63. The second-order valence-electron chi connectivity index (χ2n) is 4.32. The van der Waals surface area contributed by atoms with Gasteiger partial charge in [0.05, 0.1) is 17.1 Å². The molecule has 0 aliphatic heterocycles. The van der Waals surface area contributed by atoms with Crippen LogP contribution in [-0.4, -0.2) is 26.4 Å². The van der Waals surface area contributed by atoms with Crippen LogP contribution in [0.25, 0.3) is 0 Å². The van der Waals surface area contributed by atoms with E-state index in [2.05, 4.69) is 6.07 Å². The Morgan fingerprint density at radius 1 is 1.43 bits per heavy atom. The Balaban J connectivity index is 2.01. The number of hydrogen-bond donors (Lipinski definition) is 0. The van der Waals surface area contributed by atoms with Gasteiger partial charge in [-0.2, -0.15) is 5.26 Å². The van der Waals surface area contributed by atoms with Crippen molar-refractivity contribution in [2.24, 2.45) is 0 Å². The molecule has 2 saturated carbocycles. The van der Waals surface area contributed by atoms with Crippen LogP contribution in [0.4, 0.5) is 0 Å². The summed E-state index contributed by atoms with van der Waals surface area (Å²) in [5.41, 5.74) is -0.381. The Kier molecular flexibility index (Phi) is 2.63. The van der Waals surface area contributed by atoms with Crippen molar-refractivity contribution < 1.29 is 4.21 Å². The molecule has 0 aromatic heterocycles. The van der Waals surface area contributed by atoms with Gasteiger partial charge in [0, 0.05) is 12.3 Å². The maximum absolute atomic E-state index is 12.1. The quantitative estimate of drug-likeness (QED) is 0.713. The Morgan fingerprint density at radius 2 is 2.00 bits per heavy atom. The van der Waals surface area contributed by atoms with Crippen molar-refractivity contribution in [2.75, 3.05) is 7.05 Å². The summed E-state index contributed by atoms with van der Waals surface area (Å²) in [6.45, 7) is 0. The van der Waals surface area contributed by atoms with Crippen molar-refractivity contribution in [3.63, 3.8) is 0 Å².